The van der Waals surface area contributed by atoms with Gasteiger partial charge in [-0.1, -0.05) is 127 Å². The summed E-state index contributed by atoms with van der Waals surface area (Å²) in [4.78, 5) is 11.6. The predicted octanol–water partition coefficient (Wildman–Crippen LogP) is 7.22. The van der Waals surface area contributed by atoms with Crippen LogP contribution in [-0.4, -0.2) is 16.2 Å². The van der Waals surface area contributed by atoms with Crippen molar-refractivity contribution >= 4 is 5.97 Å². The summed E-state index contributed by atoms with van der Waals surface area (Å²) in [5, 5.41) is 20.0. The monoisotopic (exact) mass is 390 g/mol. The number of carbonyl (C=O) groups is 1. The lowest BCUT2D eigenvalue weighted by Gasteiger charge is -2.23. The van der Waals surface area contributed by atoms with Crippen molar-refractivity contribution in [2.24, 2.45) is 0 Å². The molecule has 1 atom stereocenters. The summed E-state index contributed by atoms with van der Waals surface area (Å²) >= 11 is 0. The van der Waals surface area contributed by atoms with Crippen molar-refractivity contribution in [3.8, 4) is 0 Å². The van der Waals surface area contributed by atoms with Gasteiger partial charge in [0.2, 0.25) is 0 Å². The Labute approximate surface area is 172 Å². The minimum atomic E-state index is -1.75. The fourth-order valence-electron chi connectivity index (χ4n) is 3.84. The van der Waals surface area contributed by atoms with Crippen LogP contribution in [0.4, 0.5) is 0 Å². The molecular formula is C25H42O3. The fourth-order valence-corrected chi connectivity index (χ4v) is 3.84. The van der Waals surface area contributed by atoms with Gasteiger partial charge in [-0.3, -0.25) is 0 Å². The summed E-state index contributed by atoms with van der Waals surface area (Å²) < 4.78 is 0. The molecule has 0 amide bonds. The maximum atomic E-state index is 11.6. The van der Waals surface area contributed by atoms with E-state index < -0.39 is 11.6 Å². The van der Waals surface area contributed by atoms with E-state index >= 15 is 0 Å². The highest BCUT2D eigenvalue weighted by Crippen LogP contribution is 2.28. The van der Waals surface area contributed by atoms with Gasteiger partial charge in [-0.2, -0.15) is 0 Å². The minimum Gasteiger partial charge on any atom is -0.479 e. The number of unbranched alkanes of at least 4 members (excludes halogenated alkanes) is 14. The molecule has 0 heterocycles. The number of hydrogen-bond acceptors (Lipinski definition) is 2. The van der Waals surface area contributed by atoms with Crippen LogP contribution in [0.1, 0.15) is 115 Å². The summed E-state index contributed by atoms with van der Waals surface area (Å²) in [6, 6.07) is 8.77. The molecule has 0 bridgehead atoms. The zero-order chi connectivity index (χ0) is 20.5. The third-order valence-corrected chi connectivity index (χ3v) is 5.75. The topological polar surface area (TPSA) is 57.5 Å². The summed E-state index contributed by atoms with van der Waals surface area (Å²) in [7, 11) is 0. The van der Waals surface area contributed by atoms with Crippen LogP contribution >= 0.6 is 0 Å². The van der Waals surface area contributed by atoms with Crippen molar-refractivity contribution in [3.63, 3.8) is 0 Å². The zero-order valence-corrected chi connectivity index (χ0v) is 18.0. The highest BCUT2D eigenvalue weighted by molar-refractivity contribution is 5.79. The summed E-state index contributed by atoms with van der Waals surface area (Å²) in [5.41, 5.74) is -1.27. The lowest BCUT2D eigenvalue weighted by Crippen LogP contribution is -2.35. The first-order valence-electron chi connectivity index (χ1n) is 11.6. The molecule has 1 rings (SSSR count). The molecule has 1 unspecified atom stereocenters. The van der Waals surface area contributed by atoms with Crippen molar-refractivity contribution < 1.29 is 15.0 Å². The van der Waals surface area contributed by atoms with Crippen LogP contribution in [0.25, 0.3) is 0 Å². The van der Waals surface area contributed by atoms with Gasteiger partial charge in [0.1, 0.15) is 0 Å². The van der Waals surface area contributed by atoms with Gasteiger partial charge < -0.3 is 10.2 Å². The normalized spacial score (nSPS) is 13.4. The predicted molar refractivity (Wildman–Crippen MR) is 118 cm³/mol. The highest BCUT2D eigenvalue weighted by Gasteiger charge is 2.37. The Bertz CT molecular complexity index is 500. The van der Waals surface area contributed by atoms with Crippen molar-refractivity contribution in [3.05, 3.63) is 35.9 Å². The van der Waals surface area contributed by atoms with E-state index in [2.05, 4.69) is 6.92 Å². The van der Waals surface area contributed by atoms with E-state index in [1.807, 2.05) is 6.07 Å². The molecule has 2 N–H and O–H groups in total. The first-order chi connectivity index (χ1) is 13.6. The van der Waals surface area contributed by atoms with Crippen LogP contribution in [0, 0.1) is 0 Å². The van der Waals surface area contributed by atoms with E-state index in [-0.39, 0.29) is 6.42 Å². The fraction of sp³-hybridized carbons (Fsp3) is 0.720. The molecule has 0 aliphatic heterocycles. The molecule has 0 saturated heterocycles. The standard InChI is InChI=1S/C25H42O3/c1-2-3-4-5-6-7-8-9-10-11-12-13-14-15-19-22-25(28,24(26)27)23-20-17-16-18-21-23/h16-18,20-21,28H,2-15,19,22H2,1H3,(H,26,27). The Morgan fingerprint density at radius 1 is 0.714 bits per heavy atom. The SMILES string of the molecule is CCCCCCCCCCCCCCCCCC(O)(C(=O)O)c1ccccc1. The molecule has 3 nitrogen and oxygen atoms in total. The minimum absolute atomic E-state index is 0.282. The molecule has 0 fully saturated rings. The van der Waals surface area contributed by atoms with E-state index in [1.165, 1.54) is 77.0 Å². The Balaban J connectivity index is 1.99. The van der Waals surface area contributed by atoms with E-state index in [0.717, 1.165) is 19.3 Å². The molecule has 0 saturated carbocycles. The molecule has 28 heavy (non-hydrogen) atoms. The van der Waals surface area contributed by atoms with Crippen LogP contribution in [0.2, 0.25) is 0 Å². The number of carboxylic acids is 1. The van der Waals surface area contributed by atoms with Crippen LogP contribution in [0.3, 0.4) is 0 Å². The van der Waals surface area contributed by atoms with Crippen LogP contribution in [0.15, 0.2) is 30.3 Å². The summed E-state index contributed by atoms with van der Waals surface area (Å²) in [6.07, 6.45) is 19.4. The Hall–Kier alpha value is -1.35. The number of aliphatic carboxylic acids is 1. The van der Waals surface area contributed by atoms with Gasteiger partial charge >= 0.3 is 5.97 Å². The van der Waals surface area contributed by atoms with Gasteiger partial charge in [0.05, 0.1) is 0 Å². The molecular weight excluding hydrogens is 348 g/mol. The van der Waals surface area contributed by atoms with Crippen molar-refractivity contribution in [2.75, 3.05) is 0 Å². The summed E-state index contributed by atoms with van der Waals surface area (Å²) in [6.45, 7) is 2.26. The molecule has 1 aromatic carbocycles. The number of rotatable bonds is 18. The first kappa shape index (κ1) is 24.7. The average molecular weight is 391 g/mol. The zero-order valence-electron chi connectivity index (χ0n) is 18.0. The molecule has 0 aliphatic carbocycles. The lowest BCUT2D eigenvalue weighted by molar-refractivity contribution is -0.160. The van der Waals surface area contributed by atoms with Crippen LogP contribution < -0.4 is 0 Å². The van der Waals surface area contributed by atoms with Gasteiger partial charge in [0.25, 0.3) is 0 Å². The highest BCUT2D eigenvalue weighted by atomic mass is 16.4. The maximum Gasteiger partial charge on any atom is 0.340 e. The quantitative estimate of drug-likeness (QED) is 0.260. The summed E-state index contributed by atoms with van der Waals surface area (Å²) in [5.74, 6) is -1.15. The largest absolute Gasteiger partial charge is 0.479 e. The van der Waals surface area contributed by atoms with Gasteiger partial charge in [-0.25, -0.2) is 4.79 Å². The van der Waals surface area contributed by atoms with Crippen LogP contribution in [0.5, 0.6) is 0 Å². The second-order valence-electron chi connectivity index (χ2n) is 8.23. The number of benzene rings is 1. The van der Waals surface area contributed by atoms with Gasteiger partial charge in [-0.15, -0.1) is 0 Å². The Kier molecular flexibility index (Phi) is 13.7. The second kappa shape index (κ2) is 15.6. The van der Waals surface area contributed by atoms with E-state index in [0.29, 0.717) is 5.56 Å². The Morgan fingerprint density at radius 2 is 1.11 bits per heavy atom. The number of carboxylic acid groups (broad SMARTS) is 1. The first-order valence-corrected chi connectivity index (χ1v) is 11.6. The van der Waals surface area contributed by atoms with Crippen molar-refractivity contribution in [1.29, 1.82) is 0 Å². The van der Waals surface area contributed by atoms with Crippen LogP contribution in [-0.2, 0) is 10.4 Å². The maximum absolute atomic E-state index is 11.6. The Morgan fingerprint density at radius 3 is 1.50 bits per heavy atom. The molecule has 160 valence electrons. The second-order valence-corrected chi connectivity index (χ2v) is 8.23. The van der Waals surface area contributed by atoms with Crippen molar-refractivity contribution in [2.45, 2.75) is 115 Å². The van der Waals surface area contributed by atoms with Gasteiger partial charge in [-0.05, 0) is 18.4 Å². The van der Waals surface area contributed by atoms with E-state index in [4.69, 9.17) is 0 Å². The van der Waals surface area contributed by atoms with Crippen molar-refractivity contribution in [1.82, 2.24) is 0 Å². The molecule has 3 heteroatoms. The van der Waals surface area contributed by atoms with E-state index in [1.54, 1.807) is 24.3 Å². The third-order valence-electron chi connectivity index (χ3n) is 5.75. The van der Waals surface area contributed by atoms with E-state index in [9.17, 15) is 15.0 Å². The lowest BCUT2D eigenvalue weighted by atomic mass is 9.88. The smallest absolute Gasteiger partial charge is 0.340 e. The molecule has 1 aromatic rings. The third kappa shape index (κ3) is 10.3. The molecule has 0 spiro atoms. The molecule has 0 radical (unpaired) electrons. The number of aliphatic hydroxyl groups is 1. The van der Waals surface area contributed by atoms with Gasteiger partial charge in [0, 0.05) is 0 Å². The average Bonchev–Trinajstić information content (AvgIpc) is 2.71. The molecule has 0 aliphatic rings. The number of hydrogen-bond donors (Lipinski definition) is 2. The molecule has 0 aromatic heterocycles. The van der Waals surface area contributed by atoms with Gasteiger partial charge in [0.15, 0.2) is 5.60 Å².